The van der Waals surface area contributed by atoms with Crippen molar-refractivity contribution in [3.8, 4) is 0 Å². The van der Waals surface area contributed by atoms with Gasteiger partial charge < -0.3 is 32.2 Å². The first kappa shape index (κ1) is 29.4. The number of guanidine groups is 1. The van der Waals surface area contributed by atoms with Gasteiger partial charge in [0.15, 0.2) is 28.4 Å². The molecule has 210 valence electrons. The number of piperidine rings is 1. The van der Waals surface area contributed by atoms with Crippen LogP contribution >= 0.6 is 11.6 Å². The minimum atomic E-state index is -0.708. The number of likely N-dealkylation sites (tertiary alicyclic amines) is 1. The average Bonchev–Trinajstić information content (AvgIpc) is 2.93. The van der Waals surface area contributed by atoms with Crippen LogP contribution in [-0.2, 0) is 16.0 Å². The number of urea groups is 1. The van der Waals surface area contributed by atoms with Crippen LogP contribution in [0.15, 0.2) is 35.3 Å². The molecule has 1 aromatic carbocycles. The number of carbonyl (C=O) groups is 3. The van der Waals surface area contributed by atoms with Crippen LogP contribution in [0.3, 0.4) is 0 Å². The fourth-order valence-corrected chi connectivity index (χ4v) is 4.41. The summed E-state index contributed by atoms with van der Waals surface area (Å²) < 4.78 is 4.60. The Labute approximate surface area is 231 Å². The van der Waals surface area contributed by atoms with Crippen LogP contribution in [0.25, 0.3) is 0 Å². The van der Waals surface area contributed by atoms with Crippen LogP contribution in [0.5, 0.6) is 0 Å². The smallest absolute Gasteiger partial charge is 0.317 e. The molecule has 1 aliphatic heterocycles. The maximum atomic E-state index is 12.6. The summed E-state index contributed by atoms with van der Waals surface area (Å²) in [5.41, 5.74) is 18.1. The van der Waals surface area contributed by atoms with Gasteiger partial charge in [-0.3, -0.25) is 19.9 Å². The fraction of sp³-hybridized carbons (Fsp3) is 0.440. The number of ether oxygens (including phenoxy) is 1. The highest BCUT2D eigenvalue weighted by Gasteiger charge is 2.36. The molecule has 0 bridgehead atoms. The first-order valence-corrected chi connectivity index (χ1v) is 12.8. The first-order valence-electron chi connectivity index (χ1n) is 12.5. The number of amides is 3. The Hall–Kier alpha value is -4.13. The van der Waals surface area contributed by atoms with Crippen molar-refractivity contribution < 1.29 is 19.1 Å². The SMILES string of the molecule is COC(=O)CCNC(=O)N1CCC(CCc2ccccc2)(CN=C(N)NC(=O)c2nc(Cl)c(N)nc2N)CC1. The molecule has 2 aromatic rings. The molecule has 0 radical (unpaired) electrons. The third-order valence-corrected chi connectivity index (χ3v) is 6.96. The van der Waals surface area contributed by atoms with E-state index in [1.165, 1.54) is 12.7 Å². The van der Waals surface area contributed by atoms with E-state index in [0.29, 0.717) is 32.5 Å². The Balaban J connectivity index is 1.65. The molecular formula is C25H34ClN9O4. The van der Waals surface area contributed by atoms with Crippen molar-refractivity contribution in [1.82, 2.24) is 25.5 Å². The summed E-state index contributed by atoms with van der Waals surface area (Å²) in [7, 11) is 1.31. The second kappa shape index (κ2) is 13.6. The number of aryl methyl sites for hydroxylation is 1. The molecule has 14 heteroatoms. The number of anilines is 2. The molecule has 0 atom stereocenters. The van der Waals surface area contributed by atoms with Crippen molar-refractivity contribution in [3.05, 3.63) is 46.7 Å². The number of nitrogens with one attached hydrogen (secondary N) is 2. The van der Waals surface area contributed by atoms with Gasteiger partial charge in [-0.25, -0.2) is 14.8 Å². The van der Waals surface area contributed by atoms with E-state index >= 15 is 0 Å². The van der Waals surface area contributed by atoms with Crippen molar-refractivity contribution in [2.45, 2.75) is 32.1 Å². The Kier molecular flexibility index (Phi) is 10.3. The number of hydrogen-bond acceptors (Lipinski definition) is 9. The zero-order chi connectivity index (χ0) is 28.4. The highest BCUT2D eigenvalue weighted by atomic mass is 35.5. The van der Waals surface area contributed by atoms with Gasteiger partial charge in [-0.15, -0.1) is 0 Å². The van der Waals surface area contributed by atoms with E-state index in [0.717, 1.165) is 12.8 Å². The molecule has 3 rings (SSSR count). The lowest BCUT2D eigenvalue weighted by molar-refractivity contribution is -0.140. The number of nitrogens with zero attached hydrogens (tertiary/aromatic N) is 4. The summed E-state index contributed by atoms with van der Waals surface area (Å²) in [5.74, 6) is -1.46. The van der Waals surface area contributed by atoms with Crippen LogP contribution in [0.2, 0.25) is 5.15 Å². The molecule has 1 aromatic heterocycles. The molecule has 0 saturated carbocycles. The van der Waals surface area contributed by atoms with E-state index in [-0.39, 0.29) is 58.8 Å². The molecule has 2 heterocycles. The zero-order valence-corrected chi connectivity index (χ0v) is 22.5. The van der Waals surface area contributed by atoms with E-state index in [9.17, 15) is 14.4 Å². The summed E-state index contributed by atoms with van der Waals surface area (Å²) in [6, 6.07) is 9.86. The molecular weight excluding hydrogens is 526 g/mol. The summed E-state index contributed by atoms with van der Waals surface area (Å²) in [6.07, 6.45) is 3.11. The monoisotopic (exact) mass is 559 g/mol. The molecule has 0 aliphatic carbocycles. The third kappa shape index (κ3) is 8.43. The maximum absolute atomic E-state index is 12.6. The number of carbonyl (C=O) groups excluding carboxylic acids is 3. The minimum absolute atomic E-state index is 0.0868. The molecule has 0 unspecified atom stereocenters. The molecule has 0 spiro atoms. The van der Waals surface area contributed by atoms with Gasteiger partial charge in [0.05, 0.1) is 13.5 Å². The second-order valence-corrected chi connectivity index (χ2v) is 9.68. The van der Waals surface area contributed by atoms with E-state index in [4.69, 9.17) is 28.8 Å². The number of esters is 1. The molecule has 3 amide bonds. The summed E-state index contributed by atoms with van der Waals surface area (Å²) in [6.45, 7) is 1.57. The van der Waals surface area contributed by atoms with E-state index < -0.39 is 5.91 Å². The number of benzene rings is 1. The number of halogens is 1. The highest BCUT2D eigenvalue weighted by Crippen LogP contribution is 2.37. The first-order chi connectivity index (χ1) is 18.6. The van der Waals surface area contributed by atoms with Crippen molar-refractivity contribution in [3.63, 3.8) is 0 Å². The third-order valence-electron chi connectivity index (χ3n) is 6.68. The fourth-order valence-electron chi connectivity index (χ4n) is 4.29. The van der Waals surface area contributed by atoms with Crippen LogP contribution in [0.4, 0.5) is 16.4 Å². The predicted molar refractivity (Wildman–Crippen MR) is 148 cm³/mol. The number of hydrogen-bond donors (Lipinski definition) is 5. The van der Waals surface area contributed by atoms with Gasteiger partial charge >= 0.3 is 12.0 Å². The van der Waals surface area contributed by atoms with E-state index in [1.807, 2.05) is 18.2 Å². The number of methoxy groups -OCH3 is 1. The Morgan fingerprint density at radius 2 is 1.82 bits per heavy atom. The van der Waals surface area contributed by atoms with Crippen molar-refractivity contribution in [2.24, 2.45) is 16.1 Å². The Morgan fingerprint density at radius 3 is 2.49 bits per heavy atom. The van der Waals surface area contributed by atoms with Gasteiger partial charge in [-0.05, 0) is 36.7 Å². The van der Waals surface area contributed by atoms with Gasteiger partial charge in [0, 0.05) is 26.2 Å². The van der Waals surface area contributed by atoms with Gasteiger partial charge in [-0.2, -0.15) is 0 Å². The van der Waals surface area contributed by atoms with Gasteiger partial charge in [0.25, 0.3) is 5.91 Å². The largest absolute Gasteiger partial charge is 0.469 e. The lowest BCUT2D eigenvalue weighted by Crippen LogP contribution is -2.49. The predicted octanol–water partition coefficient (Wildman–Crippen LogP) is 1.33. The van der Waals surface area contributed by atoms with Crippen molar-refractivity contribution in [1.29, 1.82) is 0 Å². The van der Waals surface area contributed by atoms with Crippen molar-refractivity contribution >= 4 is 47.1 Å². The second-order valence-electron chi connectivity index (χ2n) is 9.32. The lowest BCUT2D eigenvalue weighted by Gasteiger charge is -2.41. The normalized spacial score (nSPS) is 14.9. The molecule has 13 nitrogen and oxygen atoms in total. The Morgan fingerprint density at radius 1 is 1.13 bits per heavy atom. The summed E-state index contributed by atoms with van der Waals surface area (Å²) in [5, 5.41) is 5.08. The van der Waals surface area contributed by atoms with Gasteiger partial charge in [0.2, 0.25) is 0 Å². The number of aliphatic imine (C=N–C) groups is 1. The summed E-state index contributed by atoms with van der Waals surface area (Å²) in [4.78, 5) is 50.4. The number of nitrogen functional groups attached to an aromatic ring is 2. The Bertz CT molecular complexity index is 1200. The number of aromatic nitrogens is 2. The summed E-state index contributed by atoms with van der Waals surface area (Å²) >= 11 is 5.87. The van der Waals surface area contributed by atoms with Gasteiger partial charge in [0.1, 0.15) is 0 Å². The van der Waals surface area contributed by atoms with Crippen LogP contribution in [0, 0.1) is 5.41 Å². The van der Waals surface area contributed by atoms with Crippen LogP contribution < -0.4 is 27.8 Å². The highest BCUT2D eigenvalue weighted by molar-refractivity contribution is 6.31. The van der Waals surface area contributed by atoms with Crippen LogP contribution in [-0.4, -0.2) is 72.0 Å². The van der Waals surface area contributed by atoms with Crippen LogP contribution in [0.1, 0.15) is 41.7 Å². The molecule has 1 aliphatic rings. The number of rotatable bonds is 9. The van der Waals surface area contributed by atoms with E-state index in [1.54, 1.807) is 4.90 Å². The van der Waals surface area contributed by atoms with Crippen molar-refractivity contribution in [2.75, 3.05) is 44.8 Å². The topological polar surface area (TPSA) is 204 Å². The molecule has 1 saturated heterocycles. The minimum Gasteiger partial charge on any atom is -0.469 e. The quantitative estimate of drug-likeness (QED) is 0.170. The maximum Gasteiger partial charge on any atom is 0.317 e. The molecule has 1 fully saturated rings. The van der Waals surface area contributed by atoms with E-state index in [2.05, 4.69) is 42.5 Å². The average molecular weight is 560 g/mol. The molecule has 39 heavy (non-hydrogen) atoms. The number of nitrogens with two attached hydrogens (primary N) is 3. The molecule has 8 N–H and O–H groups in total. The zero-order valence-electron chi connectivity index (χ0n) is 21.8. The lowest BCUT2D eigenvalue weighted by atomic mass is 9.74. The van der Waals surface area contributed by atoms with Gasteiger partial charge in [-0.1, -0.05) is 41.9 Å². The standard InChI is InChI=1S/C25H34ClN9O4/c1-39-17(36)8-12-30-24(38)35-13-10-25(11-14-35,9-7-16-5-3-2-4-6-16)15-31-23(29)34-22(37)18-20(27)33-21(28)19(26)32-18/h2-6H,7-15H2,1H3,(H,30,38)(H4,27,28,33)(H3,29,31,34,37).